The Balaban J connectivity index is 2.03. The molecule has 0 bridgehead atoms. The Bertz CT molecular complexity index is 405. The summed E-state index contributed by atoms with van der Waals surface area (Å²) in [5, 5.41) is 9.05. The number of hydrogen-bond acceptors (Lipinski definition) is 3. The van der Waals surface area contributed by atoms with E-state index in [0.29, 0.717) is 19.5 Å². The van der Waals surface area contributed by atoms with Crippen molar-refractivity contribution in [3.8, 4) is 5.75 Å². The lowest BCUT2D eigenvalue weighted by atomic mass is 10.1. The van der Waals surface area contributed by atoms with E-state index in [2.05, 4.69) is 0 Å². The molecule has 4 heteroatoms. The van der Waals surface area contributed by atoms with E-state index in [1.165, 1.54) is 0 Å². The number of ether oxygens (including phenoxy) is 1. The molecule has 1 atom stereocenters. The van der Waals surface area contributed by atoms with Crippen LogP contribution in [0, 0.1) is 5.92 Å². The van der Waals surface area contributed by atoms with Crippen molar-refractivity contribution in [2.75, 3.05) is 20.3 Å². The van der Waals surface area contributed by atoms with Gasteiger partial charge in [-0.2, -0.15) is 0 Å². The minimum Gasteiger partial charge on any atom is -0.497 e. The van der Waals surface area contributed by atoms with Crippen LogP contribution in [0.15, 0.2) is 24.3 Å². The van der Waals surface area contributed by atoms with Gasteiger partial charge in [-0.15, -0.1) is 0 Å². The highest BCUT2D eigenvalue weighted by Gasteiger charge is 2.28. The number of carbonyl (C=O) groups excluding carboxylic acids is 1. The minimum absolute atomic E-state index is 0.0837. The van der Waals surface area contributed by atoms with E-state index in [9.17, 15) is 4.79 Å². The average molecular weight is 235 g/mol. The lowest BCUT2D eigenvalue weighted by molar-refractivity contribution is -0.128. The summed E-state index contributed by atoms with van der Waals surface area (Å²) in [5.41, 5.74) is 1.05. The van der Waals surface area contributed by atoms with Gasteiger partial charge in [0, 0.05) is 32.0 Å². The third kappa shape index (κ3) is 2.77. The second kappa shape index (κ2) is 5.19. The van der Waals surface area contributed by atoms with Gasteiger partial charge in [0.2, 0.25) is 5.91 Å². The molecular weight excluding hydrogens is 218 g/mol. The summed E-state index contributed by atoms with van der Waals surface area (Å²) in [6.45, 7) is 1.32. The van der Waals surface area contributed by atoms with Gasteiger partial charge in [0.25, 0.3) is 0 Å². The first kappa shape index (κ1) is 11.9. The van der Waals surface area contributed by atoms with Gasteiger partial charge in [0.15, 0.2) is 0 Å². The number of likely N-dealkylation sites (tertiary alicyclic amines) is 1. The van der Waals surface area contributed by atoms with Crippen molar-refractivity contribution in [2.45, 2.75) is 13.0 Å². The van der Waals surface area contributed by atoms with Crippen molar-refractivity contribution in [3.05, 3.63) is 29.8 Å². The molecule has 0 saturated carbocycles. The quantitative estimate of drug-likeness (QED) is 0.848. The van der Waals surface area contributed by atoms with Crippen LogP contribution in [0.25, 0.3) is 0 Å². The highest BCUT2D eigenvalue weighted by molar-refractivity contribution is 5.78. The highest BCUT2D eigenvalue weighted by Crippen LogP contribution is 2.21. The first-order valence-corrected chi connectivity index (χ1v) is 5.74. The zero-order chi connectivity index (χ0) is 12.3. The molecule has 0 aliphatic carbocycles. The van der Waals surface area contributed by atoms with Crippen LogP contribution in [-0.2, 0) is 11.3 Å². The summed E-state index contributed by atoms with van der Waals surface area (Å²) in [6.07, 6.45) is 0.459. The van der Waals surface area contributed by atoms with Gasteiger partial charge >= 0.3 is 0 Å². The van der Waals surface area contributed by atoms with Crippen LogP contribution in [0.1, 0.15) is 12.0 Å². The Morgan fingerprint density at radius 2 is 2.35 bits per heavy atom. The maximum absolute atomic E-state index is 11.7. The molecular formula is C13H17NO3. The van der Waals surface area contributed by atoms with E-state index >= 15 is 0 Å². The van der Waals surface area contributed by atoms with Crippen molar-refractivity contribution in [1.82, 2.24) is 4.90 Å². The van der Waals surface area contributed by atoms with Crippen LogP contribution in [0.3, 0.4) is 0 Å². The van der Waals surface area contributed by atoms with Gasteiger partial charge in [0.1, 0.15) is 5.75 Å². The minimum atomic E-state index is 0.0837. The molecule has 1 aromatic rings. The van der Waals surface area contributed by atoms with Crippen LogP contribution < -0.4 is 4.74 Å². The maximum Gasteiger partial charge on any atom is 0.223 e. The SMILES string of the molecule is COc1cccc(CN2CC(CO)CC2=O)c1. The van der Waals surface area contributed by atoms with Gasteiger partial charge in [0.05, 0.1) is 7.11 Å². The zero-order valence-corrected chi connectivity index (χ0v) is 9.93. The lowest BCUT2D eigenvalue weighted by Crippen LogP contribution is -2.24. The van der Waals surface area contributed by atoms with E-state index < -0.39 is 0 Å². The smallest absolute Gasteiger partial charge is 0.223 e. The van der Waals surface area contributed by atoms with Crippen LogP contribution in [-0.4, -0.2) is 36.2 Å². The molecule has 1 N–H and O–H groups in total. The monoisotopic (exact) mass is 235 g/mol. The standard InChI is InChI=1S/C13H17NO3/c1-17-12-4-2-3-10(5-12)7-14-8-11(9-15)6-13(14)16/h2-5,11,15H,6-9H2,1H3. The third-order valence-electron chi connectivity index (χ3n) is 3.06. The van der Waals surface area contributed by atoms with Crippen molar-refractivity contribution >= 4 is 5.91 Å². The topological polar surface area (TPSA) is 49.8 Å². The van der Waals surface area contributed by atoms with Gasteiger partial charge in [-0.1, -0.05) is 12.1 Å². The first-order valence-electron chi connectivity index (χ1n) is 5.74. The number of methoxy groups -OCH3 is 1. The molecule has 1 saturated heterocycles. The van der Waals surface area contributed by atoms with Gasteiger partial charge < -0.3 is 14.7 Å². The molecule has 92 valence electrons. The van der Waals surface area contributed by atoms with E-state index in [-0.39, 0.29) is 18.4 Å². The predicted molar refractivity (Wildman–Crippen MR) is 63.6 cm³/mol. The highest BCUT2D eigenvalue weighted by atomic mass is 16.5. The number of hydrogen-bond donors (Lipinski definition) is 1. The predicted octanol–water partition coefficient (Wildman–Crippen LogP) is 1.04. The molecule has 1 amide bonds. The van der Waals surface area contributed by atoms with Gasteiger partial charge in [-0.3, -0.25) is 4.79 Å². The summed E-state index contributed by atoms with van der Waals surface area (Å²) < 4.78 is 5.15. The van der Waals surface area contributed by atoms with Crippen LogP contribution >= 0.6 is 0 Å². The Morgan fingerprint density at radius 1 is 1.53 bits per heavy atom. The van der Waals surface area contributed by atoms with E-state index in [1.807, 2.05) is 24.3 Å². The zero-order valence-electron chi connectivity index (χ0n) is 9.93. The summed E-state index contributed by atoms with van der Waals surface area (Å²) in [4.78, 5) is 13.5. The molecule has 1 heterocycles. The molecule has 1 aromatic carbocycles. The number of rotatable bonds is 4. The van der Waals surface area contributed by atoms with Crippen molar-refractivity contribution in [1.29, 1.82) is 0 Å². The van der Waals surface area contributed by atoms with Crippen molar-refractivity contribution in [2.24, 2.45) is 5.92 Å². The summed E-state index contributed by atoms with van der Waals surface area (Å²) in [7, 11) is 1.63. The number of aliphatic hydroxyl groups is 1. The second-order valence-electron chi connectivity index (χ2n) is 4.38. The molecule has 0 aromatic heterocycles. The van der Waals surface area contributed by atoms with Crippen molar-refractivity contribution < 1.29 is 14.6 Å². The molecule has 1 unspecified atom stereocenters. The molecule has 0 radical (unpaired) electrons. The fourth-order valence-corrected chi connectivity index (χ4v) is 2.12. The Labute approximate surface area is 101 Å². The average Bonchev–Trinajstić information content (AvgIpc) is 2.70. The number of amides is 1. The summed E-state index contributed by atoms with van der Waals surface area (Å²) in [5.74, 6) is 1.01. The van der Waals surface area contributed by atoms with Gasteiger partial charge in [-0.05, 0) is 17.7 Å². The molecule has 17 heavy (non-hydrogen) atoms. The first-order chi connectivity index (χ1) is 8.22. The molecule has 1 fully saturated rings. The van der Waals surface area contributed by atoms with Gasteiger partial charge in [-0.25, -0.2) is 0 Å². The molecule has 4 nitrogen and oxygen atoms in total. The Kier molecular flexibility index (Phi) is 3.64. The summed E-state index contributed by atoms with van der Waals surface area (Å²) >= 11 is 0. The molecule has 0 spiro atoms. The molecule has 2 rings (SSSR count). The van der Waals surface area contributed by atoms with E-state index in [0.717, 1.165) is 11.3 Å². The number of carbonyl (C=O) groups is 1. The third-order valence-corrected chi connectivity index (χ3v) is 3.06. The van der Waals surface area contributed by atoms with Crippen LogP contribution in [0.2, 0.25) is 0 Å². The number of nitrogens with zero attached hydrogens (tertiary/aromatic N) is 1. The van der Waals surface area contributed by atoms with E-state index in [1.54, 1.807) is 12.0 Å². The molecule has 1 aliphatic rings. The normalized spacial score (nSPS) is 19.8. The van der Waals surface area contributed by atoms with Crippen LogP contribution in [0.5, 0.6) is 5.75 Å². The van der Waals surface area contributed by atoms with E-state index in [4.69, 9.17) is 9.84 Å². The largest absolute Gasteiger partial charge is 0.497 e. The fourth-order valence-electron chi connectivity index (χ4n) is 2.12. The second-order valence-corrected chi connectivity index (χ2v) is 4.38. The molecule has 1 aliphatic heterocycles. The number of benzene rings is 1. The number of aliphatic hydroxyl groups excluding tert-OH is 1. The summed E-state index contributed by atoms with van der Waals surface area (Å²) in [6, 6.07) is 7.70. The lowest BCUT2D eigenvalue weighted by Gasteiger charge is -2.16. The fraction of sp³-hybridized carbons (Fsp3) is 0.462. The van der Waals surface area contributed by atoms with Crippen LogP contribution in [0.4, 0.5) is 0 Å². The Morgan fingerprint density at radius 3 is 3.00 bits per heavy atom. The van der Waals surface area contributed by atoms with Crippen molar-refractivity contribution in [3.63, 3.8) is 0 Å². The Hall–Kier alpha value is -1.55. The maximum atomic E-state index is 11.7.